The van der Waals surface area contributed by atoms with Crippen LogP contribution in [0.25, 0.3) is 0 Å². The molecule has 1 heterocycles. The summed E-state index contributed by atoms with van der Waals surface area (Å²) in [6, 6.07) is 3.92. The third-order valence-electron chi connectivity index (χ3n) is 3.10. The number of benzene rings is 1. The van der Waals surface area contributed by atoms with E-state index in [1.165, 1.54) is 0 Å². The summed E-state index contributed by atoms with van der Waals surface area (Å²) in [5.41, 5.74) is 9.59. The van der Waals surface area contributed by atoms with Gasteiger partial charge in [0.05, 0.1) is 11.4 Å². The van der Waals surface area contributed by atoms with Gasteiger partial charge in [-0.05, 0) is 31.0 Å². The molecule has 1 saturated heterocycles. The first kappa shape index (κ1) is 11.5. The van der Waals surface area contributed by atoms with E-state index in [0.717, 1.165) is 16.8 Å². The number of terminal acetylenes is 1. The number of carbonyl (C=O) groups excluding carboxylic acids is 1. The van der Waals surface area contributed by atoms with Crippen LogP contribution in [0, 0.1) is 32.1 Å². The van der Waals surface area contributed by atoms with Gasteiger partial charge in [-0.3, -0.25) is 4.79 Å². The summed E-state index contributed by atoms with van der Waals surface area (Å²) in [4.78, 5) is 13.6. The molecule has 3 heteroatoms. The molecule has 2 N–H and O–H groups in total. The van der Waals surface area contributed by atoms with Crippen LogP contribution < -0.4 is 10.6 Å². The number of carbonyl (C=O) groups is 1. The van der Waals surface area contributed by atoms with Crippen LogP contribution in [-0.4, -0.2) is 12.5 Å². The fourth-order valence-corrected chi connectivity index (χ4v) is 2.40. The molecule has 17 heavy (non-hydrogen) atoms. The van der Waals surface area contributed by atoms with E-state index in [1.54, 1.807) is 4.90 Å². The number of aryl methyl sites for hydroxylation is 2. The molecule has 1 amide bonds. The maximum absolute atomic E-state index is 11.9. The molecule has 0 aliphatic carbocycles. The Morgan fingerprint density at radius 2 is 2.18 bits per heavy atom. The Morgan fingerprint density at radius 3 is 2.71 bits per heavy atom. The highest BCUT2D eigenvalue weighted by Crippen LogP contribution is 2.33. The summed E-state index contributed by atoms with van der Waals surface area (Å²) in [6.07, 6.45) is 5.80. The van der Waals surface area contributed by atoms with Crippen LogP contribution in [0.15, 0.2) is 12.1 Å². The zero-order chi connectivity index (χ0) is 12.6. The Hall–Kier alpha value is -1.95. The fourth-order valence-electron chi connectivity index (χ4n) is 2.40. The lowest BCUT2D eigenvalue weighted by molar-refractivity contribution is -0.117. The maximum Gasteiger partial charge on any atom is 0.228 e. The highest BCUT2D eigenvalue weighted by atomic mass is 16.2. The third-order valence-corrected chi connectivity index (χ3v) is 3.10. The van der Waals surface area contributed by atoms with Gasteiger partial charge in [-0.2, -0.15) is 0 Å². The molecule has 1 aliphatic heterocycles. The number of nitrogen functional groups attached to an aromatic ring is 1. The number of nitrogens with zero attached hydrogens (tertiary/aromatic N) is 1. The van der Waals surface area contributed by atoms with Gasteiger partial charge in [-0.25, -0.2) is 0 Å². The predicted molar refractivity (Wildman–Crippen MR) is 69.6 cm³/mol. The predicted octanol–water partition coefficient (Wildman–Crippen LogP) is 1.87. The molecular weight excluding hydrogens is 212 g/mol. The molecule has 0 bridgehead atoms. The molecule has 0 spiro atoms. The van der Waals surface area contributed by atoms with E-state index in [-0.39, 0.29) is 11.8 Å². The van der Waals surface area contributed by atoms with Gasteiger partial charge in [-0.1, -0.05) is 6.07 Å². The van der Waals surface area contributed by atoms with Crippen molar-refractivity contribution >= 4 is 17.3 Å². The summed E-state index contributed by atoms with van der Waals surface area (Å²) in [5.74, 6) is 2.71. The highest BCUT2D eigenvalue weighted by Gasteiger charge is 2.31. The molecule has 2 rings (SSSR count). The SMILES string of the molecule is C#CC1CC(=O)N(c2c(C)cc(C)cc2N)C1. The van der Waals surface area contributed by atoms with Gasteiger partial charge in [0.25, 0.3) is 0 Å². The Morgan fingerprint density at radius 1 is 1.47 bits per heavy atom. The van der Waals surface area contributed by atoms with Crippen molar-refractivity contribution in [3.63, 3.8) is 0 Å². The van der Waals surface area contributed by atoms with E-state index in [9.17, 15) is 4.79 Å². The quantitative estimate of drug-likeness (QED) is 0.589. The molecule has 1 atom stereocenters. The number of nitrogens with two attached hydrogens (primary N) is 1. The number of anilines is 2. The maximum atomic E-state index is 11.9. The van der Waals surface area contributed by atoms with Crippen molar-refractivity contribution in [2.45, 2.75) is 20.3 Å². The molecule has 1 aromatic rings. The van der Waals surface area contributed by atoms with Gasteiger partial charge in [0, 0.05) is 18.9 Å². The molecule has 1 aliphatic rings. The Balaban J connectivity index is 2.42. The van der Waals surface area contributed by atoms with Crippen molar-refractivity contribution in [3.8, 4) is 12.3 Å². The van der Waals surface area contributed by atoms with Gasteiger partial charge < -0.3 is 10.6 Å². The zero-order valence-electron chi connectivity index (χ0n) is 10.2. The summed E-state index contributed by atoms with van der Waals surface area (Å²) in [7, 11) is 0. The minimum absolute atomic E-state index is 0.00241. The van der Waals surface area contributed by atoms with E-state index in [0.29, 0.717) is 18.7 Å². The lowest BCUT2D eigenvalue weighted by Crippen LogP contribution is -2.26. The fraction of sp³-hybridized carbons (Fsp3) is 0.357. The lowest BCUT2D eigenvalue weighted by Gasteiger charge is -2.21. The van der Waals surface area contributed by atoms with Crippen molar-refractivity contribution in [2.75, 3.05) is 17.2 Å². The topological polar surface area (TPSA) is 46.3 Å². The van der Waals surface area contributed by atoms with E-state index in [1.807, 2.05) is 26.0 Å². The normalized spacial score (nSPS) is 19.5. The molecule has 88 valence electrons. The highest BCUT2D eigenvalue weighted by molar-refractivity contribution is 5.99. The van der Waals surface area contributed by atoms with Crippen LogP contribution in [0.2, 0.25) is 0 Å². The first-order valence-electron chi connectivity index (χ1n) is 5.66. The van der Waals surface area contributed by atoms with Crippen molar-refractivity contribution in [1.29, 1.82) is 0 Å². The second-order valence-corrected chi connectivity index (χ2v) is 4.59. The minimum Gasteiger partial charge on any atom is -0.397 e. The van der Waals surface area contributed by atoms with Crippen LogP contribution in [0.5, 0.6) is 0 Å². The number of hydrogen-bond acceptors (Lipinski definition) is 2. The first-order chi connectivity index (χ1) is 8.02. The van der Waals surface area contributed by atoms with Crippen molar-refractivity contribution in [1.82, 2.24) is 0 Å². The van der Waals surface area contributed by atoms with Crippen LogP contribution in [-0.2, 0) is 4.79 Å². The van der Waals surface area contributed by atoms with E-state index in [4.69, 9.17) is 12.2 Å². The summed E-state index contributed by atoms with van der Waals surface area (Å²) in [6.45, 7) is 4.53. The summed E-state index contributed by atoms with van der Waals surface area (Å²) in [5, 5.41) is 0. The second kappa shape index (κ2) is 4.14. The van der Waals surface area contributed by atoms with Gasteiger partial charge in [-0.15, -0.1) is 12.3 Å². The average molecular weight is 228 g/mol. The van der Waals surface area contributed by atoms with Crippen LogP contribution >= 0.6 is 0 Å². The Kier molecular flexibility index (Phi) is 2.81. The largest absolute Gasteiger partial charge is 0.397 e. The van der Waals surface area contributed by atoms with Crippen LogP contribution in [0.3, 0.4) is 0 Å². The molecule has 3 nitrogen and oxygen atoms in total. The molecule has 0 saturated carbocycles. The molecular formula is C14H16N2O. The van der Waals surface area contributed by atoms with Crippen LogP contribution in [0.4, 0.5) is 11.4 Å². The molecule has 1 fully saturated rings. The zero-order valence-corrected chi connectivity index (χ0v) is 10.2. The van der Waals surface area contributed by atoms with E-state index < -0.39 is 0 Å². The van der Waals surface area contributed by atoms with Crippen molar-refractivity contribution in [2.24, 2.45) is 5.92 Å². The van der Waals surface area contributed by atoms with Crippen LogP contribution in [0.1, 0.15) is 17.5 Å². The molecule has 1 unspecified atom stereocenters. The molecule has 1 aromatic carbocycles. The van der Waals surface area contributed by atoms with Crippen molar-refractivity contribution < 1.29 is 4.79 Å². The van der Waals surface area contributed by atoms with Gasteiger partial charge in [0.15, 0.2) is 0 Å². The minimum atomic E-state index is 0.00241. The smallest absolute Gasteiger partial charge is 0.228 e. The van der Waals surface area contributed by atoms with Gasteiger partial charge >= 0.3 is 0 Å². The summed E-state index contributed by atoms with van der Waals surface area (Å²) >= 11 is 0. The third kappa shape index (κ3) is 1.99. The summed E-state index contributed by atoms with van der Waals surface area (Å²) < 4.78 is 0. The number of amides is 1. The molecule has 0 radical (unpaired) electrons. The lowest BCUT2D eigenvalue weighted by atomic mass is 10.1. The standard InChI is InChI=1S/C14H16N2O/c1-4-11-7-13(17)16(8-11)14-10(3)5-9(2)6-12(14)15/h1,5-6,11H,7-8,15H2,2-3H3. The number of hydrogen-bond donors (Lipinski definition) is 1. The number of rotatable bonds is 1. The monoisotopic (exact) mass is 228 g/mol. The van der Waals surface area contributed by atoms with Crippen molar-refractivity contribution in [3.05, 3.63) is 23.3 Å². The Bertz CT molecular complexity index is 490. The Labute approximate surface area is 102 Å². The second-order valence-electron chi connectivity index (χ2n) is 4.59. The molecule has 0 aromatic heterocycles. The first-order valence-corrected chi connectivity index (χ1v) is 5.66. The van der Waals surface area contributed by atoms with E-state index in [2.05, 4.69) is 5.92 Å². The van der Waals surface area contributed by atoms with E-state index >= 15 is 0 Å². The van der Waals surface area contributed by atoms with Gasteiger partial charge in [0.2, 0.25) is 5.91 Å². The van der Waals surface area contributed by atoms with Gasteiger partial charge in [0.1, 0.15) is 0 Å². The average Bonchev–Trinajstić information content (AvgIpc) is 2.59.